The molecule has 0 atom stereocenters. The van der Waals surface area contributed by atoms with E-state index in [0.717, 1.165) is 27.2 Å². The molecule has 0 aliphatic carbocycles. The van der Waals surface area contributed by atoms with Crippen LogP contribution >= 0.6 is 11.3 Å². The minimum atomic E-state index is -0.387. The van der Waals surface area contributed by atoms with Crippen molar-refractivity contribution in [3.8, 4) is 16.3 Å². The first-order valence-corrected chi connectivity index (χ1v) is 10.2. The zero-order chi connectivity index (χ0) is 20.3. The molecule has 146 valence electrons. The van der Waals surface area contributed by atoms with Gasteiger partial charge in [0.05, 0.1) is 16.3 Å². The Balaban J connectivity index is 2.01. The second kappa shape index (κ2) is 6.31. The molecule has 0 unspecified atom stereocenters. The van der Waals surface area contributed by atoms with Crippen LogP contribution in [0.3, 0.4) is 0 Å². The van der Waals surface area contributed by atoms with Gasteiger partial charge < -0.3 is 0 Å². The molecular formula is C21H19N5O2S. The molecule has 5 rings (SSSR count). The molecule has 8 heteroatoms. The molecule has 0 aliphatic rings. The summed E-state index contributed by atoms with van der Waals surface area (Å²) in [6.07, 6.45) is 2.81. The molecular weight excluding hydrogens is 386 g/mol. The summed E-state index contributed by atoms with van der Waals surface area (Å²) in [6, 6.07) is 12.2. The highest BCUT2D eigenvalue weighted by Crippen LogP contribution is 2.32. The Morgan fingerprint density at radius 3 is 2.55 bits per heavy atom. The average Bonchev–Trinajstić information content (AvgIpc) is 3.45. The van der Waals surface area contributed by atoms with E-state index in [4.69, 9.17) is 4.98 Å². The summed E-state index contributed by atoms with van der Waals surface area (Å²) >= 11 is 1.63. The summed E-state index contributed by atoms with van der Waals surface area (Å²) in [7, 11) is 3.13. The first-order valence-electron chi connectivity index (χ1n) is 9.34. The van der Waals surface area contributed by atoms with Gasteiger partial charge in [0.15, 0.2) is 11.2 Å². The Labute approximate surface area is 169 Å². The Morgan fingerprint density at radius 2 is 1.83 bits per heavy atom. The molecule has 4 aromatic heterocycles. The lowest BCUT2D eigenvalue weighted by molar-refractivity contribution is 0.708. The molecule has 1 aromatic carbocycles. The van der Waals surface area contributed by atoms with Gasteiger partial charge in [0.25, 0.3) is 5.56 Å². The molecule has 0 saturated heterocycles. The summed E-state index contributed by atoms with van der Waals surface area (Å²) < 4.78 is 6.43. The van der Waals surface area contributed by atoms with Crippen molar-refractivity contribution in [1.29, 1.82) is 0 Å². The van der Waals surface area contributed by atoms with Crippen LogP contribution in [0.25, 0.3) is 33.2 Å². The van der Waals surface area contributed by atoms with Crippen LogP contribution in [0, 0.1) is 0 Å². The van der Waals surface area contributed by atoms with Crippen molar-refractivity contribution in [2.24, 2.45) is 14.1 Å². The number of fused-ring (bicyclic) bond motifs is 3. The number of aryl methyl sites for hydroxylation is 2. The van der Waals surface area contributed by atoms with E-state index >= 15 is 0 Å². The third kappa shape index (κ3) is 2.39. The summed E-state index contributed by atoms with van der Waals surface area (Å²) in [5.41, 5.74) is 3.20. The van der Waals surface area contributed by atoms with Crippen LogP contribution in [0.2, 0.25) is 0 Å². The van der Waals surface area contributed by atoms with Crippen LogP contribution in [-0.2, 0) is 20.5 Å². The first kappa shape index (κ1) is 17.7. The number of para-hydroxylation sites is 1. The van der Waals surface area contributed by atoms with Crippen LogP contribution in [-0.4, -0.2) is 23.1 Å². The molecule has 0 bridgehead atoms. The third-order valence-corrected chi connectivity index (χ3v) is 6.24. The number of benzene rings is 1. The second-order valence-corrected chi connectivity index (χ2v) is 7.92. The van der Waals surface area contributed by atoms with E-state index in [9.17, 15) is 9.59 Å². The molecule has 0 spiro atoms. The molecule has 0 aliphatic heterocycles. The summed E-state index contributed by atoms with van der Waals surface area (Å²) in [5.74, 6) is 0.614. The minimum absolute atomic E-state index is 0.353. The van der Waals surface area contributed by atoms with E-state index in [2.05, 4.69) is 29.7 Å². The minimum Gasteiger partial charge on any atom is -0.279 e. The van der Waals surface area contributed by atoms with Crippen molar-refractivity contribution in [2.75, 3.05) is 0 Å². The van der Waals surface area contributed by atoms with Crippen molar-refractivity contribution >= 4 is 28.3 Å². The number of hydrogen-bond acceptors (Lipinski definition) is 4. The highest BCUT2D eigenvalue weighted by molar-refractivity contribution is 7.13. The molecule has 7 nitrogen and oxygen atoms in total. The Hall–Kier alpha value is -3.39. The quantitative estimate of drug-likeness (QED) is 0.464. The van der Waals surface area contributed by atoms with E-state index < -0.39 is 0 Å². The molecule has 0 N–H and O–H groups in total. The lowest BCUT2D eigenvalue weighted by Gasteiger charge is -2.12. The average molecular weight is 405 g/mol. The molecule has 4 heterocycles. The summed E-state index contributed by atoms with van der Waals surface area (Å²) in [4.78, 5) is 31.1. The van der Waals surface area contributed by atoms with Gasteiger partial charge in [-0.25, -0.2) is 4.79 Å². The molecule has 0 fully saturated rings. The SMILES string of the molecule is CCc1ccccc1-n1c(-c2cccs2)cn2c3c(=O)n(C)c(=O)n(C)c3nc12. The van der Waals surface area contributed by atoms with Crippen molar-refractivity contribution < 1.29 is 0 Å². The topological polar surface area (TPSA) is 66.2 Å². The number of aromatic nitrogens is 5. The zero-order valence-electron chi connectivity index (χ0n) is 16.3. The second-order valence-electron chi connectivity index (χ2n) is 6.97. The number of thiophene rings is 1. The van der Waals surface area contributed by atoms with Gasteiger partial charge in [0.2, 0.25) is 5.78 Å². The Kier molecular flexibility index (Phi) is 3.85. The zero-order valence-corrected chi connectivity index (χ0v) is 17.1. The van der Waals surface area contributed by atoms with Crippen LogP contribution in [0.4, 0.5) is 0 Å². The Morgan fingerprint density at radius 1 is 1.03 bits per heavy atom. The van der Waals surface area contributed by atoms with E-state index in [1.165, 1.54) is 17.2 Å². The fourth-order valence-electron chi connectivity index (χ4n) is 3.83. The fraction of sp³-hybridized carbons (Fsp3) is 0.190. The molecule has 0 radical (unpaired) electrons. The predicted octanol–water partition coefficient (Wildman–Crippen LogP) is 2.97. The lowest BCUT2D eigenvalue weighted by atomic mass is 10.1. The van der Waals surface area contributed by atoms with Gasteiger partial charge >= 0.3 is 5.69 Å². The monoisotopic (exact) mass is 405 g/mol. The highest BCUT2D eigenvalue weighted by Gasteiger charge is 2.22. The molecule has 29 heavy (non-hydrogen) atoms. The summed E-state index contributed by atoms with van der Waals surface area (Å²) in [6.45, 7) is 2.12. The van der Waals surface area contributed by atoms with Gasteiger partial charge in [-0.1, -0.05) is 31.2 Å². The smallest absolute Gasteiger partial charge is 0.279 e. The maximum absolute atomic E-state index is 12.9. The first-order chi connectivity index (χ1) is 14.0. The van der Waals surface area contributed by atoms with Gasteiger partial charge in [0.1, 0.15) is 0 Å². The van der Waals surface area contributed by atoms with Crippen LogP contribution in [0.15, 0.2) is 57.6 Å². The number of hydrogen-bond donors (Lipinski definition) is 0. The largest absolute Gasteiger partial charge is 0.332 e. The van der Waals surface area contributed by atoms with Gasteiger partial charge in [-0.2, -0.15) is 4.98 Å². The van der Waals surface area contributed by atoms with E-state index in [1.54, 1.807) is 22.8 Å². The number of imidazole rings is 2. The normalized spacial score (nSPS) is 11.7. The van der Waals surface area contributed by atoms with Crippen molar-refractivity contribution in [3.63, 3.8) is 0 Å². The molecule has 5 aromatic rings. The Bertz CT molecular complexity index is 1500. The number of rotatable bonds is 3. The fourth-order valence-corrected chi connectivity index (χ4v) is 4.56. The van der Waals surface area contributed by atoms with Gasteiger partial charge in [-0.3, -0.25) is 22.9 Å². The standard InChI is InChI=1S/C21H19N5O2S/c1-4-13-8-5-6-9-14(13)26-15(16-10-7-11-29-16)12-25-17-18(22-20(25)26)23(2)21(28)24(3)19(17)27/h5-12H,4H2,1-3H3. The predicted molar refractivity (Wildman–Crippen MR) is 115 cm³/mol. The van der Waals surface area contributed by atoms with Gasteiger partial charge in [0, 0.05) is 20.3 Å². The van der Waals surface area contributed by atoms with Gasteiger partial charge in [-0.15, -0.1) is 11.3 Å². The van der Waals surface area contributed by atoms with E-state index in [0.29, 0.717) is 16.9 Å². The molecule has 0 saturated carbocycles. The van der Waals surface area contributed by atoms with E-state index in [-0.39, 0.29) is 11.2 Å². The maximum atomic E-state index is 12.9. The number of nitrogens with zero attached hydrogens (tertiary/aromatic N) is 5. The van der Waals surface area contributed by atoms with Crippen LogP contribution in [0.5, 0.6) is 0 Å². The maximum Gasteiger partial charge on any atom is 0.332 e. The van der Waals surface area contributed by atoms with Crippen molar-refractivity contribution in [3.05, 3.63) is 74.4 Å². The summed E-state index contributed by atoms with van der Waals surface area (Å²) in [5, 5.41) is 2.03. The van der Waals surface area contributed by atoms with Gasteiger partial charge in [-0.05, 0) is 29.5 Å². The third-order valence-electron chi connectivity index (χ3n) is 5.35. The van der Waals surface area contributed by atoms with Crippen LogP contribution < -0.4 is 11.2 Å². The highest BCUT2D eigenvalue weighted by atomic mass is 32.1. The van der Waals surface area contributed by atoms with Crippen LogP contribution in [0.1, 0.15) is 12.5 Å². The van der Waals surface area contributed by atoms with E-state index in [1.807, 2.05) is 29.8 Å². The molecule has 0 amide bonds. The lowest BCUT2D eigenvalue weighted by Crippen LogP contribution is -2.37. The van der Waals surface area contributed by atoms with Crippen molar-refractivity contribution in [2.45, 2.75) is 13.3 Å². The van der Waals surface area contributed by atoms with Crippen molar-refractivity contribution in [1.82, 2.24) is 23.1 Å².